The molecule has 1 aromatic carbocycles. The van der Waals surface area contributed by atoms with Gasteiger partial charge in [-0.15, -0.1) is 6.58 Å². The van der Waals surface area contributed by atoms with E-state index < -0.39 is 5.97 Å². The summed E-state index contributed by atoms with van der Waals surface area (Å²) in [5.74, 6) is -0.547. The van der Waals surface area contributed by atoms with E-state index in [1.165, 1.54) is 6.07 Å². The van der Waals surface area contributed by atoms with Crippen LogP contribution in [0.1, 0.15) is 42.6 Å². The predicted octanol–water partition coefficient (Wildman–Crippen LogP) is 3.42. The zero-order chi connectivity index (χ0) is 15.1. The van der Waals surface area contributed by atoms with Crippen molar-refractivity contribution in [1.82, 2.24) is 0 Å². The summed E-state index contributed by atoms with van der Waals surface area (Å²) in [7, 11) is 0. The number of phenols is 2. The molecule has 1 rings (SSSR count). The molecule has 4 nitrogen and oxygen atoms in total. The predicted molar refractivity (Wildman–Crippen MR) is 78.0 cm³/mol. The van der Waals surface area contributed by atoms with Crippen molar-refractivity contribution >= 4 is 5.97 Å². The summed E-state index contributed by atoms with van der Waals surface area (Å²) in [6.45, 7) is 7.69. The molecule has 0 bridgehead atoms. The quantitative estimate of drug-likeness (QED) is 0.592. The number of ether oxygens (including phenoxy) is 1. The Morgan fingerprint density at radius 3 is 2.75 bits per heavy atom. The van der Waals surface area contributed by atoms with Crippen LogP contribution in [0.4, 0.5) is 0 Å². The molecule has 0 saturated heterocycles. The van der Waals surface area contributed by atoms with Crippen LogP contribution in [0, 0.1) is 5.92 Å². The smallest absolute Gasteiger partial charge is 0.342 e. The number of rotatable bonds is 7. The Hall–Kier alpha value is -1.97. The van der Waals surface area contributed by atoms with Gasteiger partial charge in [0.25, 0.3) is 0 Å². The molecule has 0 saturated carbocycles. The highest BCUT2D eigenvalue weighted by Gasteiger charge is 2.20. The van der Waals surface area contributed by atoms with E-state index in [1.807, 2.05) is 6.08 Å². The first-order valence-corrected chi connectivity index (χ1v) is 6.82. The Labute approximate surface area is 119 Å². The number of hydrogen-bond donors (Lipinski definition) is 2. The van der Waals surface area contributed by atoms with Crippen LogP contribution in [0.15, 0.2) is 24.8 Å². The van der Waals surface area contributed by atoms with E-state index in [9.17, 15) is 15.0 Å². The number of carbonyl (C=O) groups excluding carboxylic acids is 1. The number of benzene rings is 1. The molecule has 0 aliphatic heterocycles. The molecule has 110 valence electrons. The fourth-order valence-electron chi connectivity index (χ4n) is 2.15. The van der Waals surface area contributed by atoms with E-state index in [1.54, 1.807) is 6.92 Å². The largest absolute Gasteiger partial charge is 0.508 e. The summed E-state index contributed by atoms with van der Waals surface area (Å²) < 4.78 is 4.96. The van der Waals surface area contributed by atoms with Gasteiger partial charge < -0.3 is 14.9 Å². The SMILES string of the molecule is C=CCCC(C)Cc1cc(O)cc(O)c1C(=O)OCC. The Kier molecular flexibility index (Phi) is 6.10. The van der Waals surface area contributed by atoms with E-state index in [0.29, 0.717) is 17.9 Å². The lowest BCUT2D eigenvalue weighted by Crippen LogP contribution is -2.11. The number of carbonyl (C=O) groups is 1. The maximum absolute atomic E-state index is 11.9. The maximum atomic E-state index is 11.9. The van der Waals surface area contributed by atoms with Crippen LogP contribution in [-0.2, 0) is 11.2 Å². The molecule has 0 aliphatic carbocycles. The van der Waals surface area contributed by atoms with E-state index in [-0.39, 0.29) is 23.7 Å². The van der Waals surface area contributed by atoms with Crippen molar-refractivity contribution in [1.29, 1.82) is 0 Å². The fourth-order valence-corrected chi connectivity index (χ4v) is 2.15. The summed E-state index contributed by atoms with van der Waals surface area (Å²) in [6, 6.07) is 2.67. The number of esters is 1. The minimum Gasteiger partial charge on any atom is -0.508 e. The minimum atomic E-state index is -0.559. The van der Waals surface area contributed by atoms with Gasteiger partial charge in [0.1, 0.15) is 17.1 Å². The molecule has 1 aromatic rings. The van der Waals surface area contributed by atoms with Crippen molar-refractivity contribution < 1.29 is 19.7 Å². The Bertz CT molecular complexity index is 480. The third-order valence-electron chi connectivity index (χ3n) is 3.10. The van der Waals surface area contributed by atoms with Crippen molar-refractivity contribution in [2.24, 2.45) is 5.92 Å². The van der Waals surface area contributed by atoms with Crippen LogP contribution < -0.4 is 0 Å². The van der Waals surface area contributed by atoms with Gasteiger partial charge in [0.15, 0.2) is 0 Å². The highest BCUT2D eigenvalue weighted by molar-refractivity contribution is 5.94. The van der Waals surface area contributed by atoms with Crippen LogP contribution in [0.2, 0.25) is 0 Å². The molecule has 0 aromatic heterocycles. The van der Waals surface area contributed by atoms with E-state index >= 15 is 0 Å². The second kappa shape index (κ2) is 7.58. The van der Waals surface area contributed by atoms with Crippen molar-refractivity contribution in [2.45, 2.75) is 33.1 Å². The van der Waals surface area contributed by atoms with Crippen molar-refractivity contribution in [3.05, 3.63) is 35.9 Å². The van der Waals surface area contributed by atoms with Gasteiger partial charge in [0.05, 0.1) is 6.61 Å². The fraction of sp³-hybridized carbons (Fsp3) is 0.438. The van der Waals surface area contributed by atoms with Gasteiger partial charge in [-0.2, -0.15) is 0 Å². The summed E-state index contributed by atoms with van der Waals surface area (Å²) in [5.41, 5.74) is 0.757. The number of aromatic hydroxyl groups is 2. The first kappa shape index (κ1) is 16.1. The summed E-state index contributed by atoms with van der Waals surface area (Å²) in [5, 5.41) is 19.5. The van der Waals surface area contributed by atoms with Crippen LogP contribution in [0.25, 0.3) is 0 Å². The minimum absolute atomic E-state index is 0.0542. The lowest BCUT2D eigenvalue weighted by Gasteiger charge is -2.15. The topological polar surface area (TPSA) is 66.8 Å². The lowest BCUT2D eigenvalue weighted by molar-refractivity contribution is 0.0521. The molecule has 2 N–H and O–H groups in total. The molecule has 0 aliphatic rings. The Morgan fingerprint density at radius 2 is 2.15 bits per heavy atom. The molecule has 0 radical (unpaired) electrons. The zero-order valence-electron chi connectivity index (χ0n) is 12.1. The van der Waals surface area contributed by atoms with Gasteiger partial charge in [-0.05, 0) is 43.7 Å². The van der Waals surface area contributed by atoms with Crippen LogP contribution in [0.5, 0.6) is 11.5 Å². The molecular formula is C16H22O4. The van der Waals surface area contributed by atoms with Crippen molar-refractivity contribution in [3.63, 3.8) is 0 Å². The lowest BCUT2D eigenvalue weighted by atomic mass is 9.93. The second-order valence-electron chi connectivity index (χ2n) is 4.89. The molecular weight excluding hydrogens is 256 g/mol. The highest BCUT2D eigenvalue weighted by Crippen LogP contribution is 2.30. The average Bonchev–Trinajstić information content (AvgIpc) is 2.35. The molecule has 1 atom stereocenters. The van der Waals surface area contributed by atoms with Gasteiger partial charge in [0, 0.05) is 6.07 Å². The zero-order valence-corrected chi connectivity index (χ0v) is 12.1. The monoisotopic (exact) mass is 278 g/mol. The van der Waals surface area contributed by atoms with E-state index in [0.717, 1.165) is 18.9 Å². The molecule has 0 spiro atoms. The average molecular weight is 278 g/mol. The third kappa shape index (κ3) is 4.30. The van der Waals surface area contributed by atoms with Gasteiger partial charge in [-0.3, -0.25) is 0 Å². The molecule has 0 heterocycles. The number of phenolic OH excluding ortho intramolecular Hbond substituents is 2. The molecule has 0 fully saturated rings. The third-order valence-corrected chi connectivity index (χ3v) is 3.10. The molecule has 4 heteroatoms. The molecule has 1 unspecified atom stereocenters. The summed E-state index contributed by atoms with van der Waals surface area (Å²) in [6.07, 6.45) is 4.26. The Balaban J connectivity index is 3.03. The molecule has 20 heavy (non-hydrogen) atoms. The summed E-state index contributed by atoms with van der Waals surface area (Å²) >= 11 is 0. The van der Waals surface area contributed by atoms with Crippen LogP contribution in [0.3, 0.4) is 0 Å². The number of hydrogen-bond acceptors (Lipinski definition) is 4. The summed E-state index contributed by atoms with van der Waals surface area (Å²) in [4.78, 5) is 11.9. The normalized spacial score (nSPS) is 11.9. The van der Waals surface area contributed by atoms with Crippen LogP contribution in [-0.4, -0.2) is 22.8 Å². The molecule has 0 amide bonds. The van der Waals surface area contributed by atoms with Crippen LogP contribution >= 0.6 is 0 Å². The first-order valence-electron chi connectivity index (χ1n) is 6.82. The standard InChI is InChI=1S/C16H22O4/c1-4-6-7-11(3)8-12-9-13(17)10-14(18)15(12)16(19)20-5-2/h4,9-11,17-18H,1,5-8H2,2-3H3. The van der Waals surface area contributed by atoms with Gasteiger partial charge in [-0.25, -0.2) is 4.79 Å². The first-order chi connectivity index (χ1) is 9.49. The van der Waals surface area contributed by atoms with E-state index in [4.69, 9.17) is 4.74 Å². The van der Waals surface area contributed by atoms with E-state index in [2.05, 4.69) is 13.5 Å². The van der Waals surface area contributed by atoms with Gasteiger partial charge in [0.2, 0.25) is 0 Å². The highest BCUT2D eigenvalue weighted by atomic mass is 16.5. The maximum Gasteiger partial charge on any atom is 0.342 e. The van der Waals surface area contributed by atoms with Crippen molar-refractivity contribution in [3.8, 4) is 11.5 Å². The van der Waals surface area contributed by atoms with Gasteiger partial charge in [-0.1, -0.05) is 13.0 Å². The second-order valence-corrected chi connectivity index (χ2v) is 4.89. The van der Waals surface area contributed by atoms with Gasteiger partial charge >= 0.3 is 5.97 Å². The Morgan fingerprint density at radius 1 is 1.45 bits per heavy atom. The van der Waals surface area contributed by atoms with Crippen molar-refractivity contribution in [2.75, 3.05) is 6.61 Å². The number of allylic oxidation sites excluding steroid dienone is 1.